The number of ether oxygens (including phenoxy) is 1. The fraction of sp³-hybridized carbons (Fsp3) is 0.533. The van der Waals surface area contributed by atoms with Gasteiger partial charge in [0.2, 0.25) is 0 Å². The van der Waals surface area contributed by atoms with Crippen molar-refractivity contribution in [1.82, 2.24) is 11.2 Å². The van der Waals surface area contributed by atoms with E-state index in [2.05, 4.69) is 5.09 Å². The van der Waals surface area contributed by atoms with Crippen LogP contribution in [0.4, 0.5) is 0 Å². The quantitative estimate of drug-likeness (QED) is 0.590. The zero-order valence-corrected chi connectivity index (χ0v) is 13.8. The van der Waals surface area contributed by atoms with Crippen LogP contribution in [-0.2, 0) is 20.5 Å². The van der Waals surface area contributed by atoms with Crippen LogP contribution in [0.25, 0.3) is 0 Å². The van der Waals surface area contributed by atoms with Crippen molar-refractivity contribution in [2.75, 3.05) is 18.9 Å². The van der Waals surface area contributed by atoms with Crippen LogP contribution in [0.15, 0.2) is 30.3 Å². The molecule has 0 amide bonds. The molecule has 1 aromatic carbocycles. The molecule has 21 heavy (non-hydrogen) atoms. The molecule has 0 fully saturated rings. The van der Waals surface area contributed by atoms with Crippen LogP contribution >= 0.6 is 7.29 Å². The van der Waals surface area contributed by atoms with E-state index in [9.17, 15) is 9.36 Å². The minimum atomic E-state index is -2.50. The van der Waals surface area contributed by atoms with Gasteiger partial charge in [-0.1, -0.05) is 44.2 Å². The Morgan fingerprint density at radius 1 is 1.19 bits per heavy atom. The van der Waals surface area contributed by atoms with E-state index in [-0.39, 0.29) is 12.1 Å². The highest BCUT2D eigenvalue weighted by molar-refractivity contribution is 7.61. The smallest absolute Gasteiger partial charge is 0.323 e. The molecule has 1 rings (SSSR count). The molecule has 5 nitrogen and oxygen atoms in total. The van der Waals surface area contributed by atoms with Crippen molar-refractivity contribution in [3.63, 3.8) is 0 Å². The highest BCUT2D eigenvalue weighted by atomic mass is 31.2. The van der Waals surface area contributed by atoms with Crippen molar-refractivity contribution in [3.05, 3.63) is 35.9 Å². The molecule has 1 atom stereocenters. The molecular weight excluding hydrogens is 287 g/mol. The van der Waals surface area contributed by atoms with Gasteiger partial charge in [-0.15, -0.1) is 0 Å². The molecule has 0 heterocycles. The molecule has 3 radical (unpaired) electrons. The van der Waals surface area contributed by atoms with E-state index in [1.54, 1.807) is 6.92 Å². The lowest BCUT2D eigenvalue weighted by atomic mass is 10.1. The van der Waals surface area contributed by atoms with Crippen LogP contribution in [-0.4, -0.2) is 30.9 Å². The summed E-state index contributed by atoms with van der Waals surface area (Å²) in [5, 5.41) is 3.04. The first kappa shape index (κ1) is 19.8. The molecule has 0 aliphatic rings. The Balaban J connectivity index is 0.00000400. The summed E-state index contributed by atoms with van der Waals surface area (Å²) in [6.45, 7) is 5.86. The predicted octanol–water partition coefficient (Wildman–Crippen LogP) is 2.59. The van der Waals surface area contributed by atoms with Gasteiger partial charge in [0.15, 0.2) is 0 Å². The lowest BCUT2D eigenvalue weighted by Gasteiger charge is -2.23. The number of benzene rings is 1. The van der Waals surface area contributed by atoms with Crippen LogP contribution in [0.1, 0.15) is 26.3 Å². The van der Waals surface area contributed by atoms with Gasteiger partial charge in [-0.25, -0.2) is 0 Å². The second-order valence-electron chi connectivity index (χ2n) is 4.65. The van der Waals surface area contributed by atoms with Crippen molar-refractivity contribution in [1.29, 1.82) is 0 Å². The Bertz CT molecular complexity index is 457. The first-order chi connectivity index (χ1) is 9.54. The number of carbonyl (C=O) groups excluding carboxylic acids is 1. The molecular formula is C15H24N2O3P. The molecule has 0 aliphatic carbocycles. The molecule has 0 aromatic heterocycles. The van der Waals surface area contributed by atoms with Crippen LogP contribution in [0.3, 0.4) is 0 Å². The number of nitrogens with one attached hydrogen (secondary N) is 1. The van der Waals surface area contributed by atoms with Gasteiger partial charge in [0, 0.05) is 18.5 Å². The summed E-state index contributed by atoms with van der Waals surface area (Å²) in [6, 6.07) is 9.14. The van der Waals surface area contributed by atoms with E-state index < -0.39 is 13.3 Å². The van der Waals surface area contributed by atoms with Crippen molar-refractivity contribution in [3.8, 4) is 0 Å². The second-order valence-corrected chi connectivity index (χ2v) is 7.95. The number of rotatable bonds is 8. The number of esters is 1. The zero-order valence-electron chi connectivity index (χ0n) is 12.9. The van der Waals surface area contributed by atoms with Gasteiger partial charge in [0.1, 0.15) is 13.3 Å². The second kappa shape index (κ2) is 9.72. The van der Waals surface area contributed by atoms with Crippen molar-refractivity contribution in [2.45, 2.75) is 33.2 Å². The van der Waals surface area contributed by atoms with Crippen LogP contribution in [0.5, 0.6) is 0 Å². The average molecular weight is 311 g/mol. The maximum atomic E-state index is 12.5. The SMILES string of the molecule is CCOC(=O)[C@H](Cc1ccccc1)NP(=O)(CC)CC.[N]. The van der Waals surface area contributed by atoms with Gasteiger partial charge in [-0.3, -0.25) is 9.88 Å². The van der Waals surface area contributed by atoms with Gasteiger partial charge in [-0.2, -0.15) is 0 Å². The van der Waals surface area contributed by atoms with Gasteiger partial charge in [-0.05, 0) is 18.9 Å². The molecule has 0 saturated heterocycles. The summed E-state index contributed by atoms with van der Waals surface area (Å²) in [4.78, 5) is 12.1. The summed E-state index contributed by atoms with van der Waals surface area (Å²) in [5.41, 5.74) is 1.02. The summed E-state index contributed by atoms with van der Waals surface area (Å²) in [5.74, 6) is -0.335. The fourth-order valence-electron chi connectivity index (χ4n) is 1.96. The fourth-order valence-corrected chi connectivity index (χ4v) is 3.54. The van der Waals surface area contributed by atoms with Crippen LogP contribution in [0, 0.1) is 0 Å². The topological polar surface area (TPSA) is 85.9 Å². The largest absolute Gasteiger partial charge is 0.465 e. The highest BCUT2D eigenvalue weighted by Gasteiger charge is 2.28. The summed E-state index contributed by atoms with van der Waals surface area (Å²) >= 11 is 0. The number of nitrogens with zero attached hydrogens (tertiary/aromatic N) is 1. The van der Waals surface area contributed by atoms with E-state index in [0.29, 0.717) is 25.4 Å². The molecule has 117 valence electrons. The normalized spacial score (nSPS) is 12.3. The molecule has 6 heteroatoms. The van der Waals surface area contributed by atoms with E-state index in [1.165, 1.54) is 0 Å². The van der Waals surface area contributed by atoms with Gasteiger partial charge < -0.3 is 9.30 Å². The monoisotopic (exact) mass is 311 g/mol. The number of hydrogen-bond donors (Lipinski definition) is 1. The Kier molecular flexibility index (Phi) is 9.18. The predicted molar refractivity (Wildman–Crippen MR) is 84.5 cm³/mol. The van der Waals surface area contributed by atoms with E-state index in [0.717, 1.165) is 5.56 Å². The Morgan fingerprint density at radius 2 is 1.76 bits per heavy atom. The number of carbonyl (C=O) groups is 1. The third kappa shape index (κ3) is 6.42. The molecule has 0 bridgehead atoms. The lowest BCUT2D eigenvalue weighted by molar-refractivity contribution is -0.145. The zero-order chi connectivity index (χ0) is 15.0. The third-order valence-corrected chi connectivity index (χ3v) is 6.09. The summed E-state index contributed by atoms with van der Waals surface area (Å²) < 4.78 is 17.6. The van der Waals surface area contributed by atoms with Crippen molar-refractivity contribution < 1.29 is 14.1 Å². The first-order valence-corrected chi connectivity index (χ1v) is 9.18. The van der Waals surface area contributed by atoms with Crippen LogP contribution in [0.2, 0.25) is 0 Å². The molecule has 1 N–H and O–H groups in total. The van der Waals surface area contributed by atoms with Crippen molar-refractivity contribution in [2.24, 2.45) is 0 Å². The third-order valence-electron chi connectivity index (χ3n) is 3.27. The Labute approximate surface area is 127 Å². The lowest BCUT2D eigenvalue weighted by Crippen LogP contribution is -2.38. The van der Waals surface area contributed by atoms with Gasteiger partial charge >= 0.3 is 5.97 Å². The Hall–Kier alpha value is -1.16. The number of hydrogen-bond acceptors (Lipinski definition) is 3. The molecule has 0 unspecified atom stereocenters. The van der Waals surface area contributed by atoms with E-state index in [4.69, 9.17) is 4.74 Å². The van der Waals surface area contributed by atoms with E-state index >= 15 is 0 Å². The minimum Gasteiger partial charge on any atom is -0.465 e. The summed E-state index contributed by atoms with van der Waals surface area (Å²) in [6.07, 6.45) is 1.56. The molecule has 0 saturated carbocycles. The minimum absolute atomic E-state index is 0. The maximum Gasteiger partial charge on any atom is 0.323 e. The first-order valence-electron chi connectivity index (χ1n) is 7.11. The highest BCUT2D eigenvalue weighted by Crippen LogP contribution is 2.40. The van der Waals surface area contributed by atoms with Gasteiger partial charge in [0.05, 0.1) is 6.61 Å². The van der Waals surface area contributed by atoms with Crippen LogP contribution < -0.4 is 11.2 Å². The molecule has 0 aliphatic heterocycles. The van der Waals surface area contributed by atoms with Crippen molar-refractivity contribution >= 4 is 13.3 Å². The summed E-state index contributed by atoms with van der Waals surface area (Å²) in [7, 11) is -2.50. The van der Waals surface area contributed by atoms with E-state index in [1.807, 2.05) is 44.2 Å². The maximum absolute atomic E-state index is 12.5. The Morgan fingerprint density at radius 3 is 2.24 bits per heavy atom. The molecule has 0 spiro atoms. The average Bonchev–Trinajstić information content (AvgIpc) is 2.47. The van der Waals surface area contributed by atoms with Gasteiger partial charge in [0.25, 0.3) is 0 Å². The molecule has 1 aromatic rings. The standard InChI is InChI=1S/C15H24NO3P.N/c1-4-19-15(17)14(16-20(18,5-2)6-3)12-13-10-8-7-9-11-13;/h7-11,14H,4-6,12H2,1-3H3,(H,16,18);/t14-;/m0./s1.